The molecule has 1 amide bonds. The Kier molecular flexibility index (Phi) is 6.17. The Morgan fingerprint density at radius 3 is 2.09 bits per heavy atom. The van der Waals surface area contributed by atoms with Crippen molar-refractivity contribution in [2.75, 3.05) is 24.5 Å². The number of hydrogen-bond donors (Lipinski definition) is 0. The Morgan fingerprint density at radius 1 is 0.939 bits per heavy atom. The van der Waals surface area contributed by atoms with E-state index in [0.29, 0.717) is 31.5 Å². The third kappa shape index (κ3) is 4.59. The van der Waals surface area contributed by atoms with E-state index in [-0.39, 0.29) is 29.6 Å². The van der Waals surface area contributed by atoms with E-state index < -0.39 is 27.7 Å². The average molecular weight is 483 g/mol. The first-order chi connectivity index (χ1) is 15.5. The normalized spacial score (nSPS) is 20.2. The molecule has 0 aromatic heterocycles. The summed E-state index contributed by atoms with van der Waals surface area (Å²) < 4.78 is 70.2. The summed E-state index contributed by atoms with van der Waals surface area (Å²) >= 11 is 0. The zero-order valence-corrected chi connectivity index (χ0v) is 18.9. The number of rotatable bonds is 5. The number of hydrogen-bond acceptors (Lipinski definition) is 4. The molecule has 2 saturated heterocycles. The predicted molar refractivity (Wildman–Crippen MR) is 116 cm³/mol. The summed E-state index contributed by atoms with van der Waals surface area (Å²) in [4.78, 5) is 15.1. The highest BCUT2D eigenvalue weighted by Gasteiger charge is 2.50. The van der Waals surface area contributed by atoms with Crippen molar-refractivity contribution in [3.05, 3.63) is 54.6 Å². The van der Waals surface area contributed by atoms with Crippen molar-refractivity contribution in [1.82, 2.24) is 4.31 Å². The number of carbonyl (C=O) groups excluding carboxylic acids is 1. The minimum absolute atomic E-state index is 0.0726. The van der Waals surface area contributed by atoms with Gasteiger partial charge in [0.15, 0.2) is 6.10 Å². The molecule has 2 aliphatic heterocycles. The average Bonchev–Trinajstić information content (AvgIpc) is 3.10. The minimum atomic E-state index is -4.46. The predicted octanol–water partition coefficient (Wildman–Crippen LogP) is 4.22. The summed E-state index contributed by atoms with van der Waals surface area (Å²) in [6.07, 6.45) is -4.93. The molecule has 1 unspecified atom stereocenters. The van der Waals surface area contributed by atoms with Crippen LogP contribution in [0, 0.1) is 5.41 Å². The minimum Gasteiger partial charge on any atom is -0.481 e. The quantitative estimate of drug-likeness (QED) is 0.640. The highest BCUT2D eigenvalue weighted by Crippen LogP contribution is 2.44. The number of anilines is 1. The van der Waals surface area contributed by atoms with E-state index in [1.165, 1.54) is 16.4 Å². The third-order valence-corrected chi connectivity index (χ3v) is 8.41. The highest BCUT2D eigenvalue weighted by molar-refractivity contribution is 7.89. The molecule has 4 rings (SSSR count). The summed E-state index contributed by atoms with van der Waals surface area (Å²) in [5.74, 6) is 0.000878. The van der Waals surface area contributed by atoms with Gasteiger partial charge in [-0.1, -0.05) is 18.2 Å². The van der Waals surface area contributed by atoms with Crippen LogP contribution in [0.4, 0.5) is 18.9 Å². The first-order valence-electron chi connectivity index (χ1n) is 10.7. The molecule has 2 aliphatic rings. The summed E-state index contributed by atoms with van der Waals surface area (Å²) in [7, 11) is -3.60. The molecule has 6 nitrogen and oxygen atoms in total. The molecule has 0 radical (unpaired) electrons. The van der Waals surface area contributed by atoms with E-state index in [0.717, 1.165) is 6.92 Å². The summed E-state index contributed by atoms with van der Waals surface area (Å²) in [5, 5.41) is 0. The fraction of sp³-hybridized carbons (Fsp3) is 0.435. The van der Waals surface area contributed by atoms with Crippen LogP contribution in [0.1, 0.15) is 26.2 Å². The molecule has 2 aromatic carbocycles. The second-order valence-corrected chi connectivity index (χ2v) is 10.4. The molecule has 0 N–H and O–H groups in total. The van der Waals surface area contributed by atoms with Gasteiger partial charge in [0.1, 0.15) is 5.75 Å². The van der Waals surface area contributed by atoms with Crippen molar-refractivity contribution in [2.45, 2.75) is 43.4 Å². The van der Waals surface area contributed by atoms with Crippen LogP contribution in [-0.4, -0.2) is 50.5 Å². The maximum absolute atomic E-state index is 13.3. The summed E-state index contributed by atoms with van der Waals surface area (Å²) in [5.41, 5.74) is -0.0360. The van der Waals surface area contributed by atoms with Gasteiger partial charge >= 0.3 is 6.18 Å². The van der Waals surface area contributed by atoms with Crippen molar-refractivity contribution in [3.63, 3.8) is 0 Å². The lowest BCUT2D eigenvalue weighted by atomic mass is 9.77. The van der Waals surface area contributed by atoms with E-state index in [1.54, 1.807) is 47.4 Å². The second-order valence-electron chi connectivity index (χ2n) is 8.50. The number of sulfonamides is 1. The van der Waals surface area contributed by atoms with E-state index >= 15 is 0 Å². The van der Waals surface area contributed by atoms with Gasteiger partial charge in [-0.3, -0.25) is 4.79 Å². The lowest BCUT2D eigenvalue weighted by Crippen LogP contribution is -2.46. The van der Waals surface area contributed by atoms with Gasteiger partial charge < -0.3 is 9.64 Å². The number of halogens is 3. The maximum Gasteiger partial charge on any atom is 0.425 e. The fourth-order valence-electron chi connectivity index (χ4n) is 4.40. The van der Waals surface area contributed by atoms with Gasteiger partial charge in [-0.05, 0) is 62.6 Å². The molecule has 2 fully saturated rings. The topological polar surface area (TPSA) is 66.9 Å². The Morgan fingerprint density at radius 2 is 1.52 bits per heavy atom. The number of amides is 1. The monoisotopic (exact) mass is 482 g/mol. The zero-order chi connectivity index (χ0) is 23.9. The van der Waals surface area contributed by atoms with Crippen LogP contribution < -0.4 is 9.64 Å². The Labute approximate surface area is 191 Å². The van der Waals surface area contributed by atoms with Gasteiger partial charge in [0.2, 0.25) is 15.9 Å². The number of nitrogens with zero attached hydrogens (tertiary/aromatic N) is 2. The number of alkyl halides is 3. The molecule has 10 heteroatoms. The van der Waals surface area contributed by atoms with Crippen LogP contribution in [-0.2, 0) is 14.8 Å². The van der Waals surface area contributed by atoms with Gasteiger partial charge in [0.25, 0.3) is 0 Å². The fourth-order valence-corrected chi connectivity index (χ4v) is 5.87. The third-order valence-electron chi connectivity index (χ3n) is 6.50. The molecule has 178 valence electrons. The van der Waals surface area contributed by atoms with Gasteiger partial charge in [-0.15, -0.1) is 0 Å². The van der Waals surface area contributed by atoms with Crippen molar-refractivity contribution < 1.29 is 31.1 Å². The summed E-state index contributed by atoms with van der Waals surface area (Å²) in [6, 6.07) is 14.2. The Balaban J connectivity index is 1.41. The van der Waals surface area contributed by atoms with E-state index in [1.807, 2.05) is 0 Å². The van der Waals surface area contributed by atoms with Crippen LogP contribution >= 0.6 is 0 Å². The summed E-state index contributed by atoms with van der Waals surface area (Å²) in [6.45, 7) is 1.94. The van der Waals surface area contributed by atoms with Crippen LogP contribution in [0.2, 0.25) is 0 Å². The first kappa shape index (κ1) is 23.6. The smallest absolute Gasteiger partial charge is 0.425 e. The standard InChI is InChI=1S/C23H25F3N2O4S/c1-17(23(24,25)26)32-19-9-7-18(8-10-19)28-16-13-22(21(28)29)11-14-27(15-12-22)33(30,31)20-5-3-2-4-6-20/h2-10,17H,11-16H2,1H3. The lowest BCUT2D eigenvalue weighted by Gasteiger charge is -2.37. The number of carbonyl (C=O) groups is 1. The Hall–Kier alpha value is -2.59. The van der Waals surface area contributed by atoms with E-state index in [9.17, 15) is 26.4 Å². The highest BCUT2D eigenvalue weighted by atomic mass is 32.2. The number of ether oxygens (including phenoxy) is 1. The van der Waals surface area contributed by atoms with E-state index in [4.69, 9.17) is 4.74 Å². The van der Waals surface area contributed by atoms with Crippen molar-refractivity contribution >= 4 is 21.6 Å². The van der Waals surface area contributed by atoms with Crippen LogP contribution in [0.15, 0.2) is 59.5 Å². The molecular formula is C23H25F3N2O4S. The Bertz CT molecular complexity index is 1100. The van der Waals surface area contributed by atoms with Crippen molar-refractivity contribution in [3.8, 4) is 5.75 Å². The molecule has 33 heavy (non-hydrogen) atoms. The molecule has 1 spiro atoms. The molecular weight excluding hydrogens is 457 g/mol. The molecule has 0 bridgehead atoms. The van der Waals surface area contributed by atoms with Crippen LogP contribution in [0.5, 0.6) is 5.75 Å². The maximum atomic E-state index is 13.3. The van der Waals surface area contributed by atoms with Gasteiger partial charge in [-0.25, -0.2) is 8.42 Å². The van der Waals surface area contributed by atoms with Crippen molar-refractivity contribution in [1.29, 1.82) is 0 Å². The van der Waals surface area contributed by atoms with Gasteiger partial charge in [-0.2, -0.15) is 17.5 Å². The molecule has 2 aromatic rings. The first-order valence-corrected chi connectivity index (χ1v) is 12.2. The van der Waals surface area contributed by atoms with Crippen LogP contribution in [0.3, 0.4) is 0 Å². The van der Waals surface area contributed by atoms with Crippen molar-refractivity contribution in [2.24, 2.45) is 5.41 Å². The molecule has 0 saturated carbocycles. The molecule has 2 heterocycles. The lowest BCUT2D eigenvalue weighted by molar-refractivity contribution is -0.189. The largest absolute Gasteiger partial charge is 0.481 e. The van der Waals surface area contributed by atoms with E-state index in [2.05, 4.69) is 0 Å². The number of piperidine rings is 1. The zero-order valence-electron chi connectivity index (χ0n) is 18.1. The molecule has 0 aliphatic carbocycles. The van der Waals surface area contributed by atoms with Gasteiger partial charge in [0, 0.05) is 25.3 Å². The molecule has 1 atom stereocenters. The number of benzene rings is 2. The van der Waals surface area contributed by atoms with Crippen LogP contribution in [0.25, 0.3) is 0 Å². The SMILES string of the molecule is CC(Oc1ccc(N2CCC3(CCN(S(=O)(=O)c4ccccc4)CC3)C2=O)cc1)C(F)(F)F. The second kappa shape index (κ2) is 8.64. The van der Waals surface area contributed by atoms with Gasteiger partial charge in [0.05, 0.1) is 10.3 Å².